The number of carbonyl (C=O) groups is 1. The number of Topliss-reactive ketones (excluding diaryl/α,β-unsaturated/α-hetero) is 1. The predicted molar refractivity (Wildman–Crippen MR) is 90.8 cm³/mol. The Bertz CT molecular complexity index is 697. The normalized spacial score (nSPS) is 12.7. The summed E-state index contributed by atoms with van der Waals surface area (Å²) in [6.45, 7) is 3.83. The SMILES string of the molecule is CC(C)[C@H](N)C(=O)Cc1ccc(N=Nc2ccccc2)c(N)n1. The highest BCUT2D eigenvalue weighted by atomic mass is 16.1. The molecular formula is C17H21N5O. The highest BCUT2D eigenvalue weighted by Crippen LogP contribution is 2.23. The number of anilines is 1. The van der Waals surface area contributed by atoms with Crippen molar-refractivity contribution >= 4 is 23.0 Å². The van der Waals surface area contributed by atoms with E-state index in [1.807, 2.05) is 44.2 Å². The Balaban J connectivity index is 2.09. The average molecular weight is 311 g/mol. The lowest BCUT2D eigenvalue weighted by Crippen LogP contribution is -2.36. The molecule has 0 bridgehead atoms. The summed E-state index contributed by atoms with van der Waals surface area (Å²) < 4.78 is 0. The fourth-order valence-electron chi connectivity index (χ4n) is 1.97. The Morgan fingerprint density at radius 1 is 1.13 bits per heavy atom. The van der Waals surface area contributed by atoms with E-state index in [0.29, 0.717) is 11.4 Å². The monoisotopic (exact) mass is 311 g/mol. The van der Waals surface area contributed by atoms with Crippen LogP contribution in [0.15, 0.2) is 52.7 Å². The first-order valence-corrected chi connectivity index (χ1v) is 7.48. The zero-order valence-corrected chi connectivity index (χ0v) is 13.3. The van der Waals surface area contributed by atoms with Crippen molar-refractivity contribution in [1.29, 1.82) is 0 Å². The third kappa shape index (κ3) is 4.69. The van der Waals surface area contributed by atoms with Gasteiger partial charge in [0.15, 0.2) is 11.6 Å². The third-order valence-corrected chi connectivity index (χ3v) is 3.43. The molecule has 6 heteroatoms. The van der Waals surface area contributed by atoms with Crippen LogP contribution in [0.2, 0.25) is 0 Å². The molecule has 0 saturated heterocycles. The number of azo groups is 1. The lowest BCUT2D eigenvalue weighted by atomic mass is 9.98. The molecule has 0 radical (unpaired) electrons. The van der Waals surface area contributed by atoms with Crippen LogP contribution in [0.25, 0.3) is 0 Å². The second-order valence-electron chi connectivity index (χ2n) is 5.66. The van der Waals surface area contributed by atoms with E-state index in [9.17, 15) is 4.79 Å². The standard InChI is InChI=1S/C17H21N5O/c1-11(2)16(18)15(23)10-13-8-9-14(17(19)20-13)22-21-12-6-4-3-5-7-12/h3-9,11,16H,10,18H2,1-2H3,(H2,19,20)/t16-/m0/s1. The molecule has 2 rings (SSSR count). The molecule has 6 nitrogen and oxygen atoms in total. The summed E-state index contributed by atoms with van der Waals surface area (Å²) in [6.07, 6.45) is 0.166. The zero-order valence-electron chi connectivity index (χ0n) is 13.3. The fourth-order valence-corrected chi connectivity index (χ4v) is 1.97. The van der Waals surface area contributed by atoms with Crippen LogP contribution >= 0.6 is 0 Å². The van der Waals surface area contributed by atoms with E-state index in [0.717, 1.165) is 5.69 Å². The van der Waals surface area contributed by atoms with Crippen LogP contribution in [0, 0.1) is 5.92 Å². The number of pyridine rings is 1. The van der Waals surface area contributed by atoms with Crippen molar-refractivity contribution in [2.24, 2.45) is 21.9 Å². The maximum Gasteiger partial charge on any atom is 0.155 e. The molecule has 0 fully saturated rings. The summed E-state index contributed by atoms with van der Waals surface area (Å²) in [4.78, 5) is 16.2. The number of ketones is 1. The van der Waals surface area contributed by atoms with Crippen molar-refractivity contribution in [3.05, 3.63) is 48.2 Å². The lowest BCUT2D eigenvalue weighted by molar-refractivity contribution is -0.120. The summed E-state index contributed by atoms with van der Waals surface area (Å²) in [7, 11) is 0. The fraction of sp³-hybridized carbons (Fsp3) is 0.294. The van der Waals surface area contributed by atoms with E-state index in [1.165, 1.54) is 0 Å². The van der Waals surface area contributed by atoms with Crippen molar-refractivity contribution < 1.29 is 4.79 Å². The van der Waals surface area contributed by atoms with Gasteiger partial charge in [-0.05, 0) is 30.2 Å². The van der Waals surface area contributed by atoms with Gasteiger partial charge in [0.05, 0.1) is 23.8 Å². The predicted octanol–water partition coefficient (Wildman–Crippen LogP) is 3.17. The number of nitrogens with zero attached hydrogens (tertiary/aromatic N) is 3. The third-order valence-electron chi connectivity index (χ3n) is 3.43. The van der Waals surface area contributed by atoms with Crippen LogP contribution < -0.4 is 11.5 Å². The Labute approximate surface area is 135 Å². The molecule has 1 aromatic heterocycles. The molecule has 0 aliphatic heterocycles. The van der Waals surface area contributed by atoms with Crippen molar-refractivity contribution in [3.8, 4) is 0 Å². The topological polar surface area (TPSA) is 107 Å². The zero-order chi connectivity index (χ0) is 16.8. The molecule has 4 N–H and O–H groups in total. The van der Waals surface area contributed by atoms with Gasteiger partial charge in [0.25, 0.3) is 0 Å². The summed E-state index contributed by atoms with van der Waals surface area (Å²) in [5.74, 6) is 0.289. The van der Waals surface area contributed by atoms with Crippen molar-refractivity contribution in [1.82, 2.24) is 4.98 Å². The number of nitrogen functional groups attached to an aromatic ring is 1. The summed E-state index contributed by atoms with van der Waals surface area (Å²) >= 11 is 0. The van der Waals surface area contributed by atoms with Crippen LogP contribution in [-0.2, 0) is 11.2 Å². The average Bonchev–Trinajstić information content (AvgIpc) is 2.54. The van der Waals surface area contributed by atoms with Crippen molar-refractivity contribution in [2.75, 3.05) is 5.73 Å². The Morgan fingerprint density at radius 3 is 2.43 bits per heavy atom. The van der Waals surface area contributed by atoms with E-state index in [4.69, 9.17) is 11.5 Å². The number of benzene rings is 1. The van der Waals surface area contributed by atoms with E-state index in [1.54, 1.807) is 12.1 Å². The first-order chi connectivity index (χ1) is 11.0. The molecule has 1 heterocycles. The van der Waals surface area contributed by atoms with Crippen LogP contribution in [0.4, 0.5) is 17.2 Å². The molecule has 1 aromatic carbocycles. The highest BCUT2D eigenvalue weighted by molar-refractivity contribution is 5.86. The highest BCUT2D eigenvalue weighted by Gasteiger charge is 2.18. The number of rotatable bonds is 6. The van der Waals surface area contributed by atoms with E-state index in [-0.39, 0.29) is 23.9 Å². The van der Waals surface area contributed by atoms with E-state index >= 15 is 0 Å². The summed E-state index contributed by atoms with van der Waals surface area (Å²) in [6, 6.07) is 12.3. The molecule has 2 aromatic rings. The molecular weight excluding hydrogens is 290 g/mol. The van der Waals surface area contributed by atoms with Gasteiger partial charge in [0.2, 0.25) is 0 Å². The first kappa shape index (κ1) is 16.8. The van der Waals surface area contributed by atoms with Gasteiger partial charge in [-0.1, -0.05) is 32.0 Å². The van der Waals surface area contributed by atoms with Gasteiger partial charge in [0.1, 0.15) is 5.69 Å². The molecule has 0 aliphatic rings. The van der Waals surface area contributed by atoms with Gasteiger partial charge < -0.3 is 11.5 Å². The molecule has 0 spiro atoms. The smallest absolute Gasteiger partial charge is 0.155 e. The van der Waals surface area contributed by atoms with Gasteiger partial charge in [-0.3, -0.25) is 4.79 Å². The largest absolute Gasteiger partial charge is 0.382 e. The Kier molecular flexibility index (Phi) is 5.54. The number of carbonyl (C=O) groups excluding carboxylic acids is 1. The van der Waals surface area contributed by atoms with Gasteiger partial charge in [-0.25, -0.2) is 4.98 Å². The van der Waals surface area contributed by atoms with Gasteiger partial charge in [-0.2, -0.15) is 5.11 Å². The molecule has 0 amide bonds. The Morgan fingerprint density at radius 2 is 1.83 bits per heavy atom. The maximum atomic E-state index is 12.0. The molecule has 1 atom stereocenters. The molecule has 0 aliphatic carbocycles. The minimum Gasteiger partial charge on any atom is -0.382 e. The second-order valence-corrected chi connectivity index (χ2v) is 5.66. The Hall–Kier alpha value is -2.60. The summed E-state index contributed by atoms with van der Waals surface area (Å²) in [5.41, 5.74) is 13.5. The van der Waals surface area contributed by atoms with E-state index < -0.39 is 6.04 Å². The van der Waals surface area contributed by atoms with Crippen LogP contribution in [0.5, 0.6) is 0 Å². The quantitative estimate of drug-likeness (QED) is 0.799. The maximum absolute atomic E-state index is 12.0. The van der Waals surface area contributed by atoms with Crippen LogP contribution in [0.1, 0.15) is 19.5 Å². The molecule has 23 heavy (non-hydrogen) atoms. The van der Waals surface area contributed by atoms with Crippen LogP contribution in [0.3, 0.4) is 0 Å². The van der Waals surface area contributed by atoms with Crippen LogP contribution in [-0.4, -0.2) is 16.8 Å². The number of hydrogen-bond acceptors (Lipinski definition) is 6. The number of hydrogen-bond donors (Lipinski definition) is 2. The first-order valence-electron chi connectivity index (χ1n) is 7.48. The molecule has 0 saturated carbocycles. The minimum absolute atomic E-state index is 0.0504. The number of nitrogens with two attached hydrogens (primary N) is 2. The second kappa shape index (κ2) is 7.60. The van der Waals surface area contributed by atoms with Gasteiger partial charge >= 0.3 is 0 Å². The van der Waals surface area contributed by atoms with Crippen molar-refractivity contribution in [2.45, 2.75) is 26.3 Å². The lowest BCUT2D eigenvalue weighted by Gasteiger charge is -2.13. The van der Waals surface area contributed by atoms with Gasteiger partial charge in [-0.15, -0.1) is 5.11 Å². The van der Waals surface area contributed by atoms with E-state index in [2.05, 4.69) is 15.2 Å². The molecule has 0 unspecified atom stereocenters. The molecule has 120 valence electrons. The number of aromatic nitrogens is 1. The summed E-state index contributed by atoms with van der Waals surface area (Å²) in [5, 5.41) is 8.18. The van der Waals surface area contributed by atoms with Crippen molar-refractivity contribution in [3.63, 3.8) is 0 Å². The minimum atomic E-state index is -0.490. The van der Waals surface area contributed by atoms with Gasteiger partial charge in [0, 0.05) is 0 Å².